The number of ketones is 1. The molecule has 0 aliphatic heterocycles. The number of thioether (sulfide) groups is 1. The van der Waals surface area contributed by atoms with Crippen molar-refractivity contribution in [3.63, 3.8) is 0 Å². The molecule has 24 heavy (non-hydrogen) atoms. The summed E-state index contributed by atoms with van der Waals surface area (Å²) in [6, 6.07) is 17.2. The summed E-state index contributed by atoms with van der Waals surface area (Å²) in [5.74, 6) is 0.856. The number of hydrogen-bond donors (Lipinski definition) is 0. The number of aromatic nitrogens is 2. The molecule has 0 amide bonds. The van der Waals surface area contributed by atoms with Gasteiger partial charge < -0.3 is 4.42 Å². The van der Waals surface area contributed by atoms with Gasteiger partial charge in [0.1, 0.15) is 0 Å². The molecule has 0 aliphatic rings. The molecule has 3 rings (SSSR count). The third kappa shape index (κ3) is 5.29. The van der Waals surface area contributed by atoms with E-state index >= 15 is 0 Å². The van der Waals surface area contributed by atoms with Crippen LogP contribution in [0.5, 0.6) is 0 Å². The van der Waals surface area contributed by atoms with E-state index in [1.54, 1.807) is 12.1 Å². The Kier molecular flexibility index (Phi) is 7.20. The van der Waals surface area contributed by atoms with Gasteiger partial charge in [0.25, 0.3) is 5.22 Å². The maximum atomic E-state index is 12.1. The van der Waals surface area contributed by atoms with Gasteiger partial charge in [-0.15, -0.1) is 27.2 Å². The number of nitrogens with zero attached hydrogens (tertiary/aromatic N) is 2. The molecule has 3 aromatic rings. The van der Waals surface area contributed by atoms with Gasteiger partial charge in [-0.05, 0) is 17.7 Å². The molecule has 124 valence electrons. The number of hydrogen-bond acceptors (Lipinski definition) is 5. The van der Waals surface area contributed by atoms with Crippen LogP contribution in [-0.4, -0.2) is 21.7 Å². The highest BCUT2D eigenvalue weighted by atomic mass is 79.9. The summed E-state index contributed by atoms with van der Waals surface area (Å²) < 4.78 is 6.52. The normalized spacial score (nSPS) is 10.2. The SMILES string of the molecule is Br.O=C(CSc1nnc(Cc2ccccc2)o1)c1ccc(Br)cc1. The van der Waals surface area contributed by atoms with Crippen molar-refractivity contribution >= 4 is 50.5 Å². The van der Waals surface area contributed by atoms with Crippen LogP contribution < -0.4 is 0 Å². The fourth-order valence-electron chi connectivity index (χ4n) is 1.98. The molecular weight excluding hydrogens is 456 g/mol. The third-order valence-corrected chi connectivity index (χ3v) is 4.49. The molecule has 4 nitrogen and oxygen atoms in total. The second-order valence-corrected chi connectivity index (χ2v) is 6.69. The van der Waals surface area contributed by atoms with E-state index in [9.17, 15) is 4.79 Å². The highest BCUT2D eigenvalue weighted by Gasteiger charge is 2.11. The molecule has 7 heteroatoms. The highest BCUT2D eigenvalue weighted by Crippen LogP contribution is 2.20. The van der Waals surface area contributed by atoms with Crippen molar-refractivity contribution in [2.45, 2.75) is 11.6 Å². The molecule has 0 unspecified atom stereocenters. The lowest BCUT2D eigenvalue weighted by molar-refractivity contribution is 0.102. The van der Waals surface area contributed by atoms with Crippen LogP contribution in [0.4, 0.5) is 0 Å². The minimum Gasteiger partial charge on any atom is -0.416 e. The molecule has 0 bridgehead atoms. The Bertz CT molecular complexity index is 792. The van der Waals surface area contributed by atoms with Gasteiger partial charge in [-0.25, -0.2) is 0 Å². The van der Waals surface area contributed by atoms with Gasteiger partial charge >= 0.3 is 0 Å². The lowest BCUT2D eigenvalue weighted by atomic mass is 10.2. The van der Waals surface area contributed by atoms with Crippen LogP contribution >= 0.6 is 44.7 Å². The lowest BCUT2D eigenvalue weighted by Crippen LogP contribution is -2.01. The third-order valence-electron chi connectivity index (χ3n) is 3.14. The quantitative estimate of drug-likeness (QED) is 0.376. The van der Waals surface area contributed by atoms with Crippen molar-refractivity contribution in [2.75, 3.05) is 5.75 Å². The number of carbonyl (C=O) groups is 1. The smallest absolute Gasteiger partial charge is 0.277 e. The van der Waals surface area contributed by atoms with Crippen LogP contribution in [0.2, 0.25) is 0 Å². The average Bonchev–Trinajstić information content (AvgIpc) is 3.02. The van der Waals surface area contributed by atoms with E-state index in [0.717, 1.165) is 10.0 Å². The summed E-state index contributed by atoms with van der Waals surface area (Å²) >= 11 is 4.61. The van der Waals surface area contributed by atoms with Crippen molar-refractivity contribution in [3.8, 4) is 0 Å². The van der Waals surface area contributed by atoms with E-state index in [2.05, 4.69) is 26.1 Å². The number of rotatable bonds is 6. The van der Waals surface area contributed by atoms with Crippen LogP contribution in [0.25, 0.3) is 0 Å². The Balaban J connectivity index is 0.00000208. The van der Waals surface area contributed by atoms with Gasteiger partial charge in [0.15, 0.2) is 5.78 Å². The predicted octanol–water partition coefficient (Wildman–Crippen LogP) is 4.98. The summed E-state index contributed by atoms with van der Waals surface area (Å²) in [5, 5.41) is 8.42. The fourth-order valence-corrected chi connectivity index (χ4v) is 2.92. The van der Waals surface area contributed by atoms with Crippen molar-refractivity contribution in [1.29, 1.82) is 0 Å². The first-order valence-corrected chi connectivity index (χ1v) is 8.76. The van der Waals surface area contributed by atoms with Crippen molar-refractivity contribution in [2.24, 2.45) is 0 Å². The second-order valence-electron chi connectivity index (χ2n) is 4.84. The van der Waals surface area contributed by atoms with E-state index in [1.807, 2.05) is 42.5 Å². The van der Waals surface area contributed by atoms with E-state index < -0.39 is 0 Å². The molecular formula is C17H14Br2N2O2S. The number of benzene rings is 2. The number of Topliss-reactive ketones (excluding diaryl/α,β-unsaturated/α-hetero) is 1. The largest absolute Gasteiger partial charge is 0.416 e. The second kappa shape index (κ2) is 9.15. The molecule has 2 aromatic carbocycles. The number of halogens is 2. The van der Waals surface area contributed by atoms with Gasteiger partial charge in [-0.2, -0.15) is 0 Å². The zero-order valence-corrected chi connectivity index (χ0v) is 16.6. The molecule has 0 spiro atoms. The maximum absolute atomic E-state index is 12.1. The van der Waals surface area contributed by atoms with Crippen LogP contribution in [0, 0.1) is 0 Å². The minimum absolute atomic E-state index is 0. The van der Waals surface area contributed by atoms with Gasteiger partial charge in [-0.1, -0.05) is 70.2 Å². The zero-order chi connectivity index (χ0) is 16.1. The van der Waals surface area contributed by atoms with Gasteiger partial charge in [-0.3, -0.25) is 4.79 Å². The molecule has 0 fully saturated rings. The summed E-state index contributed by atoms with van der Waals surface area (Å²) in [6.07, 6.45) is 0.592. The maximum Gasteiger partial charge on any atom is 0.277 e. The van der Waals surface area contributed by atoms with Crippen molar-refractivity contribution < 1.29 is 9.21 Å². The van der Waals surface area contributed by atoms with Gasteiger partial charge in [0.05, 0.1) is 12.2 Å². The predicted molar refractivity (Wildman–Crippen MR) is 103 cm³/mol. The van der Waals surface area contributed by atoms with Crippen LogP contribution in [0.15, 0.2) is 68.7 Å². The average molecular weight is 470 g/mol. The molecule has 1 heterocycles. The van der Waals surface area contributed by atoms with Crippen LogP contribution in [-0.2, 0) is 6.42 Å². The van der Waals surface area contributed by atoms with Crippen molar-refractivity contribution in [1.82, 2.24) is 10.2 Å². The molecule has 0 saturated carbocycles. The molecule has 0 atom stereocenters. The molecule has 1 aromatic heterocycles. The van der Waals surface area contributed by atoms with Crippen LogP contribution in [0.1, 0.15) is 21.8 Å². The molecule has 0 N–H and O–H groups in total. The first kappa shape index (κ1) is 18.9. The first-order valence-electron chi connectivity index (χ1n) is 6.98. The highest BCUT2D eigenvalue weighted by molar-refractivity contribution is 9.10. The fraction of sp³-hybridized carbons (Fsp3) is 0.118. The van der Waals surface area contributed by atoms with E-state index in [0.29, 0.717) is 23.1 Å². The summed E-state index contributed by atoms with van der Waals surface area (Å²) in [5.41, 5.74) is 1.78. The Hall–Kier alpha value is -1.44. The topological polar surface area (TPSA) is 56.0 Å². The summed E-state index contributed by atoms with van der Waals surface area (Å²) in [4.78, 5) is 12.1. The van der Waals surface area contributed by atoms with E-state index in [4.69, 9.17) is 4.42 Å². The zero-order valence-electron chi connectivity index (χ0n) is 12.5. The van der Waals surface area contributed by atoms with E-state index in [1.165, 1.54) is 11.8 Å². The Morgan fingerprint density at radius 1 is 1.04 bits per heavy atom. The van der Waals surface area contributed by atoms with Crippen LogP contribution in [0.3, 0.4) is 0 Å². The molecule has 0 aliphatic carbocycles. The monoisotopic (exact) mass is 468 g/mol. The summed E-state index contributed by atoms with van der Waals surface area (Å²) in [6.45, 7) is 0. The Labute approximate surface area is 163 Å². The summed E-state index contributed by atoms with van der Waals surface area (Å²) in [7, 11) is 0. The van der Waals surface area contributed by atoms with Crippen molar-refractivity contribution in [3.05, 3.63) is 76.1 Å². The van der Waals surface area contributed by atoms with Gasteiger partial charge in [0, 0.05) is 10.0 Å². The van der Waals surface area contributed by atoms with E-state index in [-0.39, 0.29) is 28.5 Å². The standard InChI is InChI=1S/C17H13BrN2O2S.BrH/c18-14-8-6-13(7-9-14)15(21)11-23-17-20-19-16(22-17)10-12-4-2-1-3-5-12;/h1-9H,10-11H2;1H. The van der Waals surface area contributed by atoms with Gasteiger partial charge in [0.2, 0.25) is 5.89 Å². The molecule has 0 saturated heterocycles. The first-order chi connectivity index (χ1) is 11.2. The molecule has 0 radical (unpaired) electrons. The minimum atomic E-state index is 0. The lowest BCUT2D eigenvalue weighted by Gasteiger charge is -1.99. The Morgan fingerprint density at radius 2 is 1.75 bits per heavy atom. The number of carbonyl (C=O) groups excluding carboxylic acids is 1. The Morgan fingerprint density at radius 3 is 2.46 bits per heavy atom.